The molecule has 302 valence electrons. The summed E-state index contributed by atoms with van der Waals surface area (Å²) in [6.07, 6.45) is 0. The predicted octanol–water partition coefficient (Wildman–Crippen LogP) is 17.0. The Bertz CT molecular complexity index is 3910. The Kier molecular flexibility index (Phi) is 8.53. The van der Waals surface area contributed by atoms with Crippen molar-refractivity contribution >= 4 is 65.0 Å². The minimum atomic E-state index is 0.703. The molecule has 3 nitrogen and oxygen atoms in total. The fourth-order valence-electron chi connectivity index (χ4n) is 10.00. The van der Waals surface area contributed by atoms with Crippen molar-refractivity contribution in [2.45, 2.75) is 0 Å². The summed E-state index contributed by atoms with van der Waals surface area (Å²) in [5.41, 5.74) is 13.5. The van der Waals surface area contributed by atoms with E-state index in [0.29, 0.717) is 5.82 Å². The molecular weight excluding hydrogens is 789 g/mol. The second kappa shape index (κ2) is 15.0. The predicted molar refractivity (Wildman–Crippen MR) is 272 cm³/mol. The van der Waals surface area contributed by atoms with Crippen LogP contribution in [0.2, 0.25) is 0 Å². The maximum absolute atomic E-state index is 6.85. The largest absolute Gasteiger partial charge is 0.455 e. The molecule has 2 heterocycles. The van der Waals surface area contributed by atoms with Crippen LogP contribution in [0.15, 0.2) is 235 Å². The van der Waals surface area contributed by atoms with Gasteiger partial charge in [-0.25, -0.2) is 9.97 Å². The number of aromatic nitrogens is 2. The molecule has 0 aliphatic heterocycles. The van der Waals surface area contributed by atoms with E-state index < -0.39 is 0 Å². The molecule has 0 saturated heterocycles. The Morgan fingerprint density at radius 1 is 0.262 bits per heavy atom. The average Bonchev–Trinajstić information content (AvgIpc) is 3.78. The lowest BCUT2D eigenvalue weighted by atomic mass is 9.90. The van der Waals surface area contributed by atoms with Gasteiger partial charge in [0.15, 0.2) is 5.82 Å². The molecule has 0 aliphatic carbocycles. The molecule has 13 rings (SSSR count). The summed E-state index contributed by atoms with van der Waals surface area (Å²) in [5, 5.41) is 12.1. The lowest BCUT2D eigenvalue weighted by Gasteiger charge is -2.13. The van der Waals surface area contributed by atoms with E-state index in [2.05, 4.69) is 206 Å². The zero-order valence-corrected chi connectivity index (χ0v) is 35.2. The normalized spacial score (nSPS) is 11.7. The second-order valence-corrected chi connectivity index (χ2v) is 16.8. The fraction of sp³-hybridized carbons (Fsp3) is 0. The van der Waals surface area contributed by atoms with Crippen molar-refractivity contribution in [1.82, 2.24) is 9.97 Å². The molecule has 0 amide bonds. The van der Waals surface area contributed by atoms with E-state index in [1.54, 1.807) is 0 Å². The van der Waals surface area contributed by atoms with E-state index >= 15 is 0 Å². The van der Waals surface area contributed by atoms with Crippen molar-refractivity contribution in [3.8, 4) is 67.3 Å². The number of hydrogen-bond acceptors (Lipinski definition) is 3. The van der Waals surface area contributed by atoms with Crippen LogP contribution in [0.25, 0.3) is 132 Å². The highest BCUT2D eigenvalue weighted by Gasteiger charge is 2.19. The maximum atomic E-state index is 6.85. The third-order valence-electron chi connectivity index (χ3n) is 13.1. The molecule has 0 spiro atoms. The molecule has 11 aromatic carbocycles. The number of nitrogens with zero attached hydrogens (tertiary/aromatic N) is 2. The molecular formula is C62H38N2O. The minimum Gasteiger partial charge on any atom is -0.455 e. The highest BCUT2D eigenvalue weighted by molar-refractivity contribution is 6.27. The van der Waals surface area contributed by atoms with Gasteiger partial charge in [-0.1, -0.05) is 194 Å². The van der Waals surface area contributed by atoms with Gasteiger partial charge in [0.2, 0.25) is 0 Å². The fourth-order valence-corrected chi connectivity index (χ4v) is 10.00. The molecule has 0 saturated carbocycles. The summed E-state index contributed by atoms with van der Waals surface area (Å²) < 4.78 is 6.85. The van der Waals surface area contributed by atoms with E-state index in [-0.39, 0.29) is 0 Å². The summed E-state index contributed by atoms with van der Waals surface area (Å²) in [6, 6.07) is 82.2. The molecule has 0 N–H and O–H groups in total. The van der Waals surface area contributed by atoms with E-state index in [1.165, 1.54) is 37.9 Å². The van der Waals surface area contributed by atoms with Gasteiger partial charge < -0.3 is 4.42 Å². The quantitative estimate of drug-likeness (QED) is 0.157. The van der Waals surface area contributed by atoms with Crippen molar-refractivity contribution in [3.63, 3.8) is 0 Å². The van der Waals surface area contributed by atoms with E-state index in [9.17, 15) is 0 Å². The van der Waals surface area contributed by atoms with Gasteiger partial charge in [-0.05, 0) is 107 Å². The van der Waals surface area contributed by atoms with Crippen LogP contribution in [0.3, 0.4) is 0 Å². The van der Waals surface area contributed by atoms with E-state index in [1.807, 2.05) is 24.3 Å². The van der Waals surface area contributed by atoms with E-state index in [4.69, 9.17) is 14.4 Å². The molecule has 0 atom stereocenters. The molecule has 65 heavy (non-hydrogen) atoms. The van der Waals surface area contributed by atoms with Crippen LogP contribution in [0, 0.1) is 0 Å². The summed E-state index contributed by atoms with van der Waals surface area (Å²) in [5.74, 6) is 0.703. The third-order valence-corrected chi connectivity index (χ3v) is 13.1. The summed E-state index contributed by atoms with van der Waals surface area (Å²) in [6.45, 7) is 0. The topological polar surface area (TPSA) is 38.9 Å². The summed E-state index contributed by atoms with van der Waals surface area (Å²) in [4.78, 5) is 10.2. The number of rotatable bonds is 6. The molecule has 0 unspecified atom stereocenters. The SMILES string of the molecule is c1ccc(-c2cc(-c3cccc(-c4cccc(-c5cc6c(oc7cccc(-c8ccc9c%10ccccc%10c%10ccccc%10c9c8)c76)c6ccccc56)c4)c3)nc(-c3ccccc3)n2)cc1. The Morgan fingerprint density at radius 3 is 1.45 bits per heavy atom. The lowest BCUT2D eigenvalue weighted by Crippen LogP contribution is -1.96. The molecule has 2 aromatic heterocycles. The van der Waals surface area contributed by atoms with Crippen LogP contribution >= 0.6 is 0 Å². The van der Waals surface area contributed by atoms with Gasteiger partial charge in [-0.2, -0.15) is 0 Å². The smallest absolute Gasteiger partial charge is 0.160 e. The molecule has 0 radical (unpaired) electrons. The van der Waals surface area contributed by atoms with Gasteiger partial charge in [0.1, 0.15) is 11.2 Å². The van der Waals surface area contributed by atoms with Gasteiger partial charge in [0.25, 0.3) is 0 Å². The monoisotopic (exact) mass is 826 g/mol. The first-order valence-electron chi connectivity index (χ1n) is 22.1. The molecule has 13 aromatic rings. The zero-order valence-electron chi connectivity index (χ0n) is 35.2. The van der Waals surface area contributed by atoms with Crippen LogP contribution in [-0.4, -0.2) is 9.97 Å². The molecule has 0 bridgehead atoms. The first kappa shape index (κ1) is 36.9. The first-order chi connectivity index (χ1) is 32.2. The zero-order chi connectivity index (χ0) is 42.8. The van der Waals surface area contributed by atoms with Crippen LogP contribution < -0.4 is 0 Å². The standard InChI is InChI=1S/C62H38N2O/c1-3-16-39(17-4-1)57-38-58(64-62(63-57)40-18-5-2-6-19-40)45-23-14-21-42(35-45)41-20-13-22-43(34-41)54-37-56-60-46(30-15-31-59(60)65-61(56)53-29-12-11-28-51(53)54)44-32-33-52-49-26-8-7-24-47(49)48-25-9-10-27-50(48)55(52)36-44/h1-38H. The number of fused-ring (bicyclic) bond motifs is 11. The molecule has 0 fully saturated rings. The van der Waals surface area contributed by atoms with Gasteiger partial charge in [-0.3, -0.25) is 0 Å². The number of furan rings is 1. The van der Waals surface area contributed by atoms with Gasteiger partial charge in [-0.15, -0.1) is 0 Å². The number of benzene rings is 11. The Morgan fingerprint density at radius 2 is 0.754 bits per heavy atom. The van der Waals surface area contributed by atoms with Gasteiger partial charge >= 0.3 is 0 Å². The average molecular weight is 827 g/mol. The highest BCUT2D eigenvalue weighted by atomic mass is 16.3. The first-order valence-corrected chi connectivity index (χ1v) is 22.1. The Balaban J connectivity index is 0.954. The Hall–Kier alpha value is -8.66. The highest BCUT2D eigenvalue weighted by Crippen LogP contribution is 2.45. The summed E-state index contributed by atoms with van der Waals surface area (Å²) in [7, 11) is 0. The molecule has 3 heteroatoms. The van der Waals surface area contributed by atoms with Crippen molar-refractivity contribution in [3.05, 3.63) is 231 Å². The van der Waals surface area contributed by atoms with Crippen LogP contribution in [0.4, 0.5) is 0 Å². The third kappa shape index (κ3) is 6.20. The summed E-state index contributed by atoms with van der Waals surface area (Å²) >= 11 is 0. The van der Waals surface area contributed by atoms with Crippen molar-refractivity contribution < 1.29 is 4.42 Å². The Labute approximate surface area is 375 Å². The van der Waals surface area contributed by atoms with Gasteiger partial charge in [0.05, 0.1) is 11.4 Å². The van der Waals surface area contributed by atoms with Crippen molar-refractivity contribution in [1.29, 1.82) is 0 Å². The number of hydrogen-bond donors (Lipinski definition) is 0. The second-order valence-electron chi connectivity index (χ2n) is 16.8. The van der Waals surface area contributed by atoms with Crippen molar-refractivity contribution in [2.75, 3.05) is 0 Å². The maximum Gasteiger partial charge on any atom is 0.160 e. The van der Waals surface area contributed by atoms with Crippen molar-refractivity contribution in [2.24, 2.45) is 0 Å². The van der Waals surface area contributed by atoms with E-state index in [0.717, 1.165) is 88.6 Å². The minimum absolute atomic E-state index is 0.703. The van der Waals surface area contributed by atoms with Crippen LogP contribution in [0.1, 0.15) is 0 Å². The molecule has 0 aliphatic rings. The lowest BCUT2D eigenvalue weighted by molar-refractivity contribution is 0.673. The van der Waals surface area contributed by atoms with Crippen LogP contribution in [-0.2, 0) is 0 Å². The van der Waals surface area contributed by atoms with Crippen LogP contribution in [0.5, 0.6) is 0 Å². The van der Waals surface area contributed by atoms with Gasteiger partial charge in [0, 0.05) is 32.8 Å².